The molecule has 2 amide bonds. The van der Waals surface area contributed by atoms with Gasteiger partial charge in [-0.3, -0.25) is 0 Å². The van der Waals surface area contributed by atoms with E-state index in [9.17, 15) is 4.79 Å². The van der Waals surface area contributed by atoms with E-state index in [1.807, 2.05) is 52.0 Å². The number of nitrogens with one attached hydrogen (secondary N) is 2. The fraction of sp³-hybridized carbons (Fsp3) is 0.450. The summed E-state index contributed by atoms with van der Waals surface area (Å²) in [4.78, 5) is 23.2. The Balaban J connectivity index is 2.34. The van der Waals surface area contributed by atoms with Gasteiger partial charge < -0.3 is 20.1 Å². The number of rotatable bonds is 9. The number of aromatic nitrogens is 2. The predicted molar refractivity (Wildman–Crippen MR) is 110 cm³/mol. The molecule has 0 bridgehead atoms. The highest BCUT2D eigenvalue weighted by Gasteiger charge is 2.21. The standard InChI is InChI=1S/C20H29N5O3/c1-6-28-17-9-7-16(8-10-17)25(20(26)22-14(2)3)18-11-12-21-19(24-18)23-15(4)13-27-5/h7-12,14-15H,6,13H2,1-5H3,(H,22,26)(H,21,23,24). The molecule has 152 valence electrons. The SMILES string of the molecule is CCOc1ccc(N(C(=O)NC(C)C)c2ccnc(NC(C)COC)n2)cc1. The lowest BCUT2D eigenvalue weighted by Gasteiger charge is -2.24. The van der Waals surface area contributed by atoms with Crippen LogP contribution in [0.3, 0.4) is 0 Å². The normalized spacial score (nSPS) is 11.8. The van der Waals surface area contributed by atoms with E-state index in [1.54, 1.807) is 19.4 Å². The van der Waals surface area contributed by atoms with E-state index in [0.29, 0.717) is 30.7 Å². The van der Waals surface area contributed by atoms with E-state index in [0.717, 1.165) is 5.75 Å². The van der Waals surface area contributed by atoms with Gasteiger partial charge in [-0.25, -0.2) is 14.7 Å². The lowest BCUT2D eigenvalue weighted by atomic mass is 10.2. The first-order valence-electron chi connectivity index (χ1n) is 9.36. The third-order valence-electron chi connectivity index (χ3n) is 3.68. The lowest BCUT2D eigenvalue weighted by Crippen LogP contribution is -2.41. The zero-order valence-corrected chi connectivity index (χ0v) is 17.1. The number of urea groups is 1. The van der Waals surface area contributed by atoms with Crippen LogP contribution >= 0.6 is 0 Å². The highest BCUT2D eigenvalue weighted by atomic mass is 16.5. The second-order valence-electron chi connectivity index (χ2n) is 6.61. The molecule has 0 radical (unpaired) electrons. The summed E-state index contributed by atoms with van der Waals surface area (Å²) in [6.45, 7) is 8.81. The van der Waals surface area contributed by atoms with Crippen molar-refractivity contribution in [2.45, 2.75) is 39.8 Å². The maximum Gasteiger partial charge on any atom is 0.327 e. The van der Waals surface area contributed by atoms with E-state index in [1.165, 1.54) is 4.90 Å². The molecular formula is C20H29N5O3. The van der Waals surface area contributed by atoms with Crippen LogP contribution < -0.4 is 20.3 Å². The Kier molecular flexibility index (Phi) is 8.01. The number of ether oxygens (including phenoxy) is 2. The van der Waals surface area contributed by atoms with Gasteiger partial charge in [0.15, 0.2) is 0 Å². The van der Waals surface area contributed by atoms with Crippen molar-refractivity contribution < 1.29 is 14.3 Å². The topological polar surface area (TPSA) is 88.6 Å². The number of hydrogen-bond acceptors (Lipinski definition) is 6. The van der Waals surface area contributed by atoms with E-state index >= 15 is 0 Å². The zero-order chi connectivity index (χ0) is 20.5. The molecule has 0 aliphatic rings. The number of carbonyl (C=O) groups excluding carboxylic acids is 1. The molecule has 8 heteroatoms. The van der Waals surface area contributed by atoms with Crippen molar-refractivity contribution in [3.8, 4) is 5.75 Å². The minimum Gasteiger partial charge on any atom is -0.494 e. The Morgan fingerprint density at radius 3 is 2.50 bits per heavy atom. The van der Waals surface area contributed by atoms with Crippen molar-refractivity contribution in [2.75, 3.05) is 30.5 Å². The minimum absolute atomic E-state index is 0.0149. The molecule has 0 fully saturated rings. The van der Waals surface area contributed by atoms with Crippen LogP contribution in [0.2, 0.25) is 0 Å². The molecule has 1 heterocycles. The van der Waals surface area contributed by atoms with Crippen LogP contribution in [-0.4, -0.2) is 48.4 Å². The third kappa shape index (κ3) is 6.09. The Morgan fingerprint density at radius 2 is 1.89 bits per heavy atom. The van der Waals surface area contributed by atoms with Crippen molar-refractivity contribution in [3.63, 3.8) is 0 Å². The smallest absolute Gasteiger partial charge is 0.327 e. The maximum atomic E-state index is 12.9. The summed E-state index contributed by atoms with van der Waals surface area (Å²) in [6, 6.07) is 8.76. The quantitative estimate of drug-likeness (QED) is 0.684. The average Bonchev–Trinajstić information content (AvgIpc) is 2.63. The fourth-order valence-electron chi connectivity index (χ4n) is 2.58. The van der Waals surface area contributed by atoms with E-state index in [-0.39, 0.29) is 18.1 Å². The molecule has 1 unspecified atom stereocenters. The van der Waals surface area contributed by atoms with Crippen LogP contribution in [0.1, 0.15) is 27.7 Å². The van der Waals surface area contributed by atoms with Gasteiger partial charge in [0.05, 0.1) is 18.9 Å². The third-order valence-corrected chi connectivity index (χ3v) is 3.68. The molecule has 2 rings (SSSR count). The predicted octanol–water partition coefficient (Wildman–Crippen LogP) is 3.58. The number of amides is 2. The highest BCUT2D eigenvalue weighted by molar-refractivity contribution is 5.98. The molecule has 2 aromatic rings. The largest absolute Gasteiger partial charge is 0.494 e. The molecule has 2 N–H and O–H groups in total. The van der Waals surface area contributed by atoms with Crippen molar-refractivity contribution in [2.24, 2.45) is 0 Å². The van der Waals surface area contributed by atoms with Crippen molar-refractivity contribution in [3.05, 3.63) is 36.5 Å². The average molecular weight is 387 g/mol. The van der Waals surface area contributed by atoms with E-state index < -0.39 is 0 Å². The molecule has 0 aliphatic carbocycles. The molecule has 8 nitrogen and oxygen atoms in total. The molecule has 0 saturated heterocycles. The Morgan fingerprint density at radius 1 is 1.18 bits per heavy atom. The molecule has 0 saturated carbocycles. The molecule has 0 spiro atoms. The van der Waals surface area contributed by atoms with Crippen LogP contribution in [0.25, 0.3) is 0 Å². The summed E-state index contributed by atoms with van der Waals surface area (Å²) >= 11 is 0. The van der Waals surface area contributed by atoms with Gasteiger partial charge in [0.2, 0.25) is 5.95 Å². The summed E-state index contributed by atoms with van der Waals surface area (Å²) in [5, 5.41) is 6.08. The van der Waals surface area contributed by atoms with Crippen LogP contribution in [0.5, 0.6) is 5.75 Å². The van der Waals surface area contributed by atoms with Gasteiger partial charge in [0, 0.05) is 31.5 Å². The van der Waals surface area contributed by atoms with Crippen LogP contribution in [0.4, 0.5) is 22.2 Å². The first kappa shape index (κ1) is 21.4. The highest BCUT2D eigenvalue weighted by Crippen LogP contribution is 2.26. The summed E-state index contributed by atoms with van der Waals surface area (Å²) in [5.41, 5.74) is 0.677. The van der Waals surface area contributed by atoms with Crippen molar-refractivity contribution in [1.29, 1.82) is 0 Å². The first-order valence-corrected chi connectivity index (χ1v) is 9.36. The van der Waals surface area contributed by atoms with Gasteiger partial charge in [-0.2, -0.15) is 4.98 Å². The summed E-state index contributed by atoms with van der Waals surface area (Å²) in [6.07, 6.45) is 1.62. The number of anilines is 3. The second kappa shape index (κ2) is 10.5. The Labute approximate surface area is 166 Å². The van der Waals surface area contributed by atoms with Gasteiger partial charge in [-0.15, -0.1) is 0 Å². The molecule has 28 heavy (non-hydrogen) atoms. The number of nitrogens with zero attached hydrogens (tertiary/aromatic N) is 3. The number of methoxy groups -OCH3 is 1. The summed E-state index contributed by atoms with van der Waals surface area (Å²) in [7, 11) is 1.64. The van der Waals surface area contributed by atoms with Gasteiger partial charge in [0.1, 0.15) is 11.6 Å². The molecule has 0 aliphatic heterocycles. The van der Waals surface area contributed by atoms with Gasteiger partial charge in [-0.1, -0.05) is 0 Å². The molecule has 1 aromatic heterocycles. The van der Waals surface area contributed by atoms with E-state index in [4.69, 9.17) is 9.47 Å². The van der Waals surface area contributed by atoms with Crippen molar-refractivity contribution in [1.82, 2.24) is 15.3 Å². The fourth-order valence-corrected chi connectivity index (χ4v) is 2.58. The number of benzene rings is 1. The monoisotopic (exact) mass is 387 g/mol. The Bertz CT molecular complexity index is 752. The maximum absolute atomic E-state index is 12.9. The van der Waals surface area contributed by atoms with Gasteiger partial charge in [0.25, 0.3) is 0 Å². The zero-order valence-electron chi connectivity index (χ0n) is 17.1. The van der Waals surface area contributed by atoms with Crippen molar-refractivity contribution >= 4 is 23.5 Å². The number of carbonyl (C=O) groups is 1. The molecule has 1 aromatic carbocycles. The molecule has 1 atom stereocenters. The lowest BCUT2D eigenvalue weighted by molar-refractivity contribution is 0.190. The number of hydrogen-bond donors (Lipinski definition) is 2. The van der Waals surface area contributed by atoms with Gasteiger partial charge >= 0.3 is 6.03 Å². The Hall–Kier alpha value is -2.87. The van der Waals surface area contributed by atoms with Gasteiger partial charge in [-0.05, 0) is 52.0 Å². The summed E-state index contributed by atoms with van der Waals surface area (Å²) < 4.78 is 10.6. The summed E-state index contributed by atoms with van der Waals surface area (Å²) in [5.74, 6) is 1.63. The van der Waals surface area contributed by atoms with Crippen LogP contribution in [0, 0.1) is 0 Å². The van der Waals surface area contributed by atoms with E-state index in [2.05, 4.69) is 20.6 Å². The van der Waals surface area contributed by atoms with Crippen LogP contribution in [0.15, 0.2) is 36.5 Å². The minimum atomic E-state index is -0.270. The first-order chi connectivity index (χ1) is 13.4. The van der Waals surface area contributed by atoms with Crippen LogP contribution in [-0.2, 0) is 4.74 Å². The second-order valence-corrected chi connectivity index (χ2v) is 6.61. The molecular weight excluding hydrogens is 358 g/mol.